The predicted molar refractivity (Wildman–Crippen MR) is 144 cm³/mol. The molecular formula is C28H18Cl2FNO8. The molecule has 4 aromatic carbocycles. The standard InChI is InChI=1S/C28H18Cl2FNO8/c29-22-11-17(32(14-25(35)36)28(38)40-19-7-5-18(33)6-8-19)12-23(30)27(22)39-20-9-10-24(34)21(13-20)26(37)15-1-3-16(31)4-2-15/h1-13,33-34H,14H2,(H,35,36). The summed E-state index contributed by atoms with van der Waals surface area (Å²) in [7, 11) is 0. The number of carbonyl (C=O) groups excluding carboxylic acids is 2. The monoisotopic (exact) mass is 585 g/mol. The molecule has 0 aromatic heterocycles. The number of benzene rings is 4. The van der Waals surface area contributed by atoms with Gasteiger partial charge in [-0.2, -0.15) is 0 Å². The maximum atomic E-state index is 13.2. The number of anilines is 1. The Morgan fingerprint density at radius 1 is 0.825 bits per heavy atom. The van der Waals surface area contributed by atoms with Crippen molar-refractivity contribution in [1.82, 2.24) is 0 Å². The van der Waals surface area contributed by atoms with Crippen LogP contribution in [0.1, 0.15) is 15.9 Å². The average Bonchev–Trinajstić information content (AvgIpc) is 2.91. The Bertz CT molecular complexity index is 1570. The molecule has 0 radical (unpaired) electrons. The third kappa shape index (κ3) is 6.60. The SMILES string of the molecule is O=C(O)CN(C(=O)Oc1ccc(O)cc1)c1cc(Cl)c(Oc2ccc(O)c(C(=O)c3ccc(F)cc3)c2)c(Cl)c1. The number of ether oxygens (including phenoxy) is 2. The van der Waals surface area contributed by atoms with Gasteiger partial charge in [0, 0.05) is 5.56 Å². The molecule has 40 heavy (non-hydrogen) atoms. The highest BCUT2D eigenvalue weighted by molar-refractivity contribution is 6.37. The van der Waals surface area contributed by atoms with E-state index in [4.69, 9.17) is 32.7 Å². The average molecular weight is 586 g/mol. The fraction of sp³-hybridized carbons (Fsp3) is 0.0357. The van der Waals surface area contributed by atoms with Gasteiger partial charge in [0.15, 0.2) is 11.5 Å². The Morgan fingerprint density at radius 2 is 1.43 bits per heavy atom. The summed E-state index contributed by atoms with van der Waals surface area (Å²) in [5, 5.41) is 28.7. The second kappa shape index (κ2) is 11.9. The van der Waals surface area contributed by atoms with Crippen LogP contribution in [0.2, 0.25) is 10.0 Å². The highest BCUT2D eigenvalue weighted by Crippen LogP contribution is 2.41. The van der Waals surface area contributed by atoms with E-state index in [1.165, 1.54) is 66.7 Å². The first-order valence-electron chi connectivity index (χ1n) is 11.3. The van der Waals surface area contributed by atoms with Crippen LogP contribution in [-0.4, -0.2) is 39.7 Å². The van der Waals surface area contributed by atoms with E-state index < -0.39 is 30.2 Å². The summed E-state index contributed by atoms with van der Waals surface area (Å²) in [5.41, 5.74) is -0.0176. The molecule has 0 unspecified atom stereocenters. The first-order valence-corrected chi connectivity index (χ1v) is 12.1. The fourth-order valence-corrected chi connectivity index (χ4v) is 4.05. The minimum absolute atomic E-state index is 0.0218. The largest absolute Gasteiger partial charge is 0.508 e. The summed E-state index contributed by atoms with van der Waals surface area (Å²) in [6.45, 7) is -0.795. The van der Waals surface area contributed by atoms with Crippen molar-refractivity contribution < 1.29 is 43.6 Å². The molecule has 12 heteroatoms. The second-order valence-corrected chi connectivity index (χ2v) is 9.01. The summed E-state index contributed by atoms with van der Waals surface area (Å²) in [4.78, 5) is 37.9. The van der Waals surface area contributed by atoms with E-state index in [0.717, 1.165) is 17.0 Å². The Labute approximate surface area is 236 Å². The van der Waals surface area contributed by atoms with E-state index in [9.17, 15) is 34.1 Å². The maximum Gasteiger partial charge on any atom is 0.420 e. The molecule has 4 aromatic rings. The van der Waals surface area contributed by atoms with E-state index in [1.807, 2.05) is 0 Å². The number of nitrogens with zero attached hydrogens (tertiary/aromatic N) is 1. The van der Waals surface area contributed by atoms with Gasteiger partial charge < -0.3 is 24.8 Å². The third-order valence-electron chi connectivity index (χ3n) is 5.39. The lowest BCUT2D eigenvalue weighted by Crippen LogP contribution is -2.37. The quantitative estimate of drug-likeness (QED) is 0.195. The van der Waals surface area contributed by atoms with Crippen molar-refractivity contribution in [3.8, 4) is 28.7 Å². The molecule has 0 aliphatic rings. The van der Waals surface area contributed by atoms with Crippen molar-refractivity contribution in [2.24, 2.45) is 0 Å². The number of amides is 1. The third-order valence-corrected chi connectivity index (χ3v) is 5.95. The molecule has 0 saturated heterocycles. The van der Waals surface area contributed by atoms with Crippen LogP contribution in [-0.2, 0) is 4.79 Å². The lowest BCUT2D eigenvalue weighted by Gasteiger charge is -2.22. The van der Waals surface area contributed by atoms with Crippen molar-refractivity contribution >= 4 is 46.7 Å². The number of aromatic hydroxyl groups is 2. The number of phenols is 2. The lowest BCUT2D eigenvalue weighted by atomic mass is 10.0. The lowest BCUT2D eigenvalue weighted by molar-refractivity contribution is -0.135. The Balaban J connectivity index is 1.61. The second-order valence-electron chi connectivity index (χ2n) is 8.20. The van der Waals surface area contributed by atoms with Crippen LogP contribution in [0.4, 0.5) is 14.9 Å². The molecule has 0 saturated carbocycles. The van der Waals surface area contributed by atoms with E-state index in [0.29, 0.717) is 0 Å². The van der Waals surface area contributed by atoms with Gasteiger partial charge in [0.05, 0.1) is 21.3 Å². The highest BCUT2D eigenvalue weighted by Gasteiger charge is 2.24. The summed E-state index contributed by atoms with van der Waals surface area (Å²) in [6.07, 6.45) is -1.06. The highest BCUT2D eigenvalue weighted by atomic mass is 35.5. The summed E-state index contributed by atoms with van der Waals surface area (Å²) < 4.78 is 24.2. The normalized spacial score (nSPS) is 10.6. The topological polar surface area (TPSA) is 134 Å². The molecule has 0 heterocycles. The van der Waals surface area contributed by atoms with E-state index in [2.05, 4.69) is 0 Å². The van der Waals surface area contributed by atoms with Gasteiger partial charge in [-0.25, -0.2) is 9.18 Å². The van der Waals surface area contributed by atoms with Gasteiger partial charge in [0.25, 0.3) is 0 Å². The molecule has 0 aliphatic heterocycles. The van der Waals surface area contributed by atoms with Gasteiger partial charge in [-0.1, -0.05) is 23.2 Å². The van der Waals surface area contributed by atoms with Gasteiger partial charge >= 0.3 is 12.1 Å². The number of carbonyl (C=O) groups is 3. The Morgan fingerprint density at radius 3 is 2.02 bits per heavy atom. The molecule has 3 N–H and O–H groups in total. The number of carboxylic acids is 1. The van der Waals surface area contributed by atoms with Gasteiger partial charge in [-0.3, -0.25) is 14.5 Å². The maximum absolute atomic E-state index is 13.2. The van der Waals surface area contributed by atoms with Crippen LogP contribution in [0.25, 0.3) is 0 Å². The molecule has 9 nitrogen and oxygen atoms in total. The predicted octanol–water partition coefficient (Wildman–Crippen LogP) is 6.66. The van der Waals surface area contributed by atoms with Crippen molar-refractivity contribution in [3.63, 3.8) is 0 Å². The molecule has 1 amide bonds. The minimum Gasteiger partial charge on any atom is -0.508 e. The summed E-state index contributed by atoms with van der Waals surface area (Å²) in [6, 6.07) is 16.2. The van der Waals surface area contributed by atoms with Crippen LogP contribution >= 0.6 is 23.2 Å². The molecule has 0 atom stereocenters. The van der Waals surface area contributed by atoms with E-state index in [1.54, 1.807) is 0 Å². The number of hydrogen-bond acceptors (Lipinski definition) is 7. The number of ketones is 1. The zero-order valence-electron chi connectivity index (χ0n) is 20.2. The van der Waals surface area contributed by atoms with Crippen molar-refractivity contribution in [2.45, 2.75) is 0 Å². The number of aliphatic carboxylic acids is 1. The van der Waals surface area contributed by atoms with Crippen LogP contribution in [0.5, 0.6) is 28.7 Å². The van der Waals surface area contributed by atoms with Crippen molar-refractivity contribution in [1.29, 1.82) is 0 Å². The van der Waals surface area contributed by atoms with Crippen LogP contribution in [0.3, 0.4) is 0 Å². The van der Waals surface area contributed by atoms with E-state index >= 15 is 0 Å². The number of carboxylic acid groups (broad SMARTS) is 1. The number of halogens is 3. The van der Waals surface area contributed by atoms with Crippen LogP contribution in [0.15, 0.2) is 78.9 Å². The first kappa shape index (κ1) is 28.2. The van der Waals surface area contributed by atoms with E-state index in [-0.39, 0.29) is 55.6 Å². The number of rotatable bonds is 8. The molecule has 4 rings (SSSR count). The van der Waals surface area contributed by atoms with Crippen molar-refractivity contribution in [2.75, 3.05) is 11.4 Å². The van der Waals surface area contributed by atoms with Gasteiger partial charge in [0.1, 0.15) is 35.4 Å². The number of phenolic OH excluding ortho intramolecular Hbond substituents is 2. The Kier molecular flexibility index (Phi) is 8.42. The van der Waals surface area contributed by atoms with Crippen LogP contribution < -0.4 is 14.4 Å². The first-order chi connectivity index (χ1) is 19.0. The zero-order chi connectivity index (χ0) is 29.0. The number of hydrogen-bond donors (Lipinski definition) is 3. The molecule has 0 spiro atoms. The fourth-order valence-electron chi connectivity index (χ4n) is 3.50. The Hall–Kier alpha value is -4.80. The molecule has 0 fully saturated rings. The summed E-state index contributed by atoms with van der Waals surface area (Å²) in [5.74, 6) is -2.84. The molecule has 204 valence electrons. The summed E-state index contributed by atoms with van der Waals surface area (Å²) >= 11 is 12.8. The van der Waals surface area contributed by atoms with Gasteiger partial charge in [0.2, 0.25) is 0 Å². The molecule has 0 bridgehead atoms. The smallest absolute Gasteiger partial charge is 0.420 e. The zero-order valence-corrected chi connectivity index (χ0v) is 21.7. The van der Waals surface area contributed by atoms with Crippen LogP contribution in [0, 0.1) is 5.82 Å². The molecule has 0 aliphatic carbocycles. The minimum atomic E-state index is -1.35. The van der Waals surface area contributed by atoms with Crippen molar-refractivity contribution in [3.05, 3.63) is 106 Å². The van der Waals surface area contributed by atoms with Gasteiger partial charge in [-0.15, -0.1) is 0 Å². The molecular weight excluding hydrogens is 568 g/mol. The van der Waals surface area contributed by atoms with Gasteiger partial charge in [-0.05, 0) is 78.9 Å².